The first-order valence-corrected chi connectivity index (χ1v) is 5.71. The van der Waals surface area contributed by atoms with E-state index >= 15 is 0 Å². The van der Waals surface area contributed by atoms with Crippen molar-refractivity contribution in [1.29, 1.82) is 0 Å². The van der Waals surface area contributed by atoms with Gasteiger partial charge in [0, 0.05) is 0 Å². The lowest BCUT2D eigenvalue weighted by molar-refractivity contribution is -0.877. The van der Waals surface area contributed by atoms with Gasteiger partial charge in [0.05, 0.1) is 12.6 Å². The first-order valence-electron chi connectivity index (χ1n) is 5.71. The second-order valence-corrected chi connectivity index (χ2v) is 5.57. The van der Waals surface area contributed by atoms with Crippen LogP contribution < -0.4 is 10.4 Å². The topological polar surface area (TPSA) is 69.2 Å². The van der Waals surface area contributed by atoms with Crippen LogP contribution in [-0.4, -0.2) is 41.7 Å². The van der Waals surface area contributed by atoms with Crippen LogP contribution >= 0.6 is 0 Å². The Balaban J connectivity index is 3.04. The highest BCUT2D eigenvalue weighted by molar-refractivity contribution is 5.80. The third-order valence-electron chi connectivity index (χ3n) is 3.57. The lowest BCUT2D eigenvalue weighted by Crippen LogP contribution is -2.66. The predicted octanol–water partition coefficient (Wildman–Crippen LogP) is 0.0195. The number of hydrogen-bond donors (Lipinski definition) is 1. The Hall–Kier alpha value is -1.36. The second kappa shape index (κ2) is 4.49. The molecule has 0 aromatic heterocycles. The third-order valence-corrected chi connectivity index (χ3v) is 3.57. The Morgan fingerprint density at radius 1 is 1.47 bits per heavy atom. The minimum Gasteiger partial charge on any atom is -0.530 e. The molecule has 0 bridgehead atoms. The number of nitrogens with one attached hydrogen (secondary N) is 1. The molecule has 1 rings (SSSR count). The van der Waals surface area contributed by atoms with Gasteiger partial charge in [-0.05, 0) is 33.3 Å². The summed E-state index contributed by atoms with van der Waals surface area (Å²) in [5.74, 6) is -0.119. The summed E-state index contributed by atoms with van der Waals surface area (Å²) < 4.78 is 0.175. The molecule has 5 nitrogen and oxygen atoms in total. The highest BCUT2D eigenvalue weighted by Gasteiger charge is 2.46. The fourth-order valence-corrected chi connectivity index (χ4v) is 1.92. The summed E-state index contributed by atoms with van der Waals surface area (Å²) >= 11 is 0. The van der Waals surface area contributed by atoms with Crippen LogP contribution in [0.5, 0.6) is 0 Å². The number of carboxylic acid groups (broad SMARTS) is 1. The molecule has 1 unspecified atom stereocenters. The second-order valence-electron chi connectivity index (χ2n) is 5.57. The van der Waals surface area contributed by atoms with Crippen LogP contribution in [0.1, 0.15) is 27.2 Å². The number of quaternary nitrogens is 1. The first kappa shape index (κ1) is 13.7. The molecule has 0 aliphatic carbocycles. The van der Waals surface area contributed by atoms with Gasteiger partial charge in [-0.1, -0.05) is 6.08 Å². The zero-order valence-corrected chi connectivity index (χ0v) is 10.8. The SMILES string of the molecule is CC(C)(C)[N+]1(C)CC=CC[C@H](NC(=O)[O-])C1=O. The van der Waals surface area contributed by atoms with Gasteiger partial charge in [-0.15, -0.1) is 0 Å². The average molecular weight is 240 g/mol. The third kappa shape index (κ3) is 2.66. The number of amides is 2. The van der Waals surface area contributed by atoms with Crippen molar-refractivity contribution in [3.8, 4) is 0 Å². The molecule has 2 atom stereocenters. The molecule has 1 heterocycles. The van der Waals surface area contributed by atoms with Crippen LogP contribution in [0.4, 0.5) is 4.79 Å². The average Bonchev–Trinajstić information content (AvgIpc) is 2.30. The first-order chi connectivity index (χ1) is 7.68. The van der Waals surface area contributed by atoms with E-state index in [1.807, 2.05) is 40.0 Å². The van der Waals surface area contributed by atoms with E-state index in [1.165, 1.54) is 0 Å². The van der Waals surface area contributed by atoms with E-state index in [9.17, 15) is 14.7 Å². The van der Waals surface area contributed by atoms with E-state index in [0.29, 0.717) is 13.0 Å². The summed E-state index contributed by atoms with van der Waals surface area (Å²) in [6.45, 7) is 6.49. The summed E-state index contributed by atoms with van der Waals surface area (Å²) in [6.07, 6.45) is 2.75. The fraction of sp³-hybridized carbons (Fsp3) is 0.667. The molecule has 0 aromatic carbocycles. The number of rotatable bonds is 1. The molecule has 2 amide bonds. The number of nitrogens with zero attached hydrogens (tertiary/aromatic N) is 1. The summed E-state index contributed by atoms with van der Waals surface area (Å²) in [4.78, 5) is 23.0. The summed E-state index contributed by atoms with van der Waals surface area (Å²) in [5, 5.41) is 12.8. The molecular formula is C12H20N2O3. The van der Waals surface area contributed by atoms with E-state index in [0.717, 1.165) is 0 Å². The highest BCUT2D eigenvalue weighted by atomic mass is 16.4. The van der Waals surface area contributed by atoms with Crippen molar-refractivity contribution < 1.29 is 19.2 Å². The zero-order valence-electron chi connectivity index (χ0n) is 10.8. The molecule has 0 saturated heterocycles. The van der Waals surface area contributed by atoms with E-state index in [1.54, 1.807) is 0 Å². The minimum atomic E-state index is -1.40. The van der Waals surface area contributed by atoms with Gasteiger partial charge >= 0.3 is 5.91 Å². The van der Waals surface area contributed by atoms with Gasteiger partial charge in [0.15, 0.2) is 0 Å². The smallest absolute Gasteiger partial charge is 0.336 e. The molecule has 0 radical (unpaired) electrons. The van der Waals surface area contributed by atoms with E-state index in [-0.39, 0.29) is 15.9 Å². The number of carbonyl (C=O) groups excluding carboxylic acids is 2. The molecule has 1 aliphatic heterocycles. The van der Waals surface area contributed by atoms with Crippen LogP contribution in [0.2, 0.25) is 0 Å². The molecule has 1 aliphatic rings. The minimum absolute atomic E-state index is 0.119. The highest BCUT2D eigenvalue weighted by Crippen LogP contribution is 2.26. The van der Waals surface area contributed by atoms with Gasteiger partial charge in [0.25, 0.3) is 0 Å². The molecule has 0 aromatic rings. The van der Waals surface area contributed by atoms with Crippen LogP contribution in [0.25, 0.3) is 0 Å². The normalized spacial score (nSPS) is 29.9. The Labute approximate surface area is 102 Å². The lowest BCUT2D eigenvalue weighted by atomic mass is 10.0. The van der Waals surface area contributed by atoms with Gasteiger partial charge in [-0.3, -0.25) is 4.48 Å². The quantitative estimate of drug-likeness (QED) is 0.519. The molecule has 0 fully saturated rings. The number of hydrogen-bond acceptors (Lipinski definition) is 3. The number of likely N-dealkylation sites (N-methyl/N-ethyl adjacent to an activating group) is 1. The molecule has 5 heteroatoms. The van der Waals surface area contributed by atoms with E-state index in [2.05, 4.69) is 5.32 Å². The fourth-order valence-electron chi connectivity index (χ4n) is 1.92. The Bertz CT molecular complexity index is 357. The summed E-state index contributed by atoms with van der Waals surface area (Å²) in [5.41, 5.74) is -0.280. The van der Waals surface area contributed by atoms with Crippen molar-refractivity contribution in [2.75, 3.05) is 13.6 Å². The summed E-state index contributed by atoms with van der Waals surface area (Å²) in [6, 6.07) is -0.719. The molecule has 17 heavy (non-hydrogen) atoms. The van der Waals surface area contributed by atoms with Crippen molar-refractivity contribution in [3.05, 3.63) is 12.2 Å². The maximum Gasteiger partial charge on any atom is 0.336 e. The zero-order chi connectivity index (χ0) is 13.3. The van der Waals surface area contributed by atoms with Gasteiger partial charge in [0.1, 0.15) is 18.7 Å². The van der Waals surface area contributed by atoms with Gasteiger partial charge in [-0.2, -0.15) is 0 Å². The molecular weight excluding hydrogens is 220 g/mol. The lowest BCUT2D eigenvalue weighted by Gasteiger charge is -2.43. The van der Waals surface area contributed by atoms with Gasteiger partial charge in [-0.25, -0.2) is 4.79 Å². The van der Waals surface area contributed by atoms with Crippen LogP contribution in [0, 0.1) is 0 Å². The van der Waals surface area contributed by atoms with Gasteiger partial charge in [0.2, 0.25) is 0 Å². The van der Waals surface area contributed by atoms with Crippen molar-refractivity contribution in [3.63, 3.8) is 0 Å². The van der Waals surface area contributed by atoms with E-state index in [4.69, 9.17) is 0 Å². The molecule has 96 valence electrons. The van der Waals surface area contributed by atoms with Gasteiger partial charge < -0.3 is 15.2 Å². The maximum absolute atomic E-state index is 12.4. The standard InChI is InChI=1S/C12H20N2O3/c1-12(2,3)14(4)8-6-5-7-9(10(14)15)13-11(16)17/h5-6,9,13H,7-8H2,1-4H3/t9-,14?/m0/s1. The van der Waals surface area contributed by atoms with Crippen LogP contribution in [0.15, 0.2) is 12.2 Å². The van der Waals surface area contributed by atoms with Crippen LogP contribution in [-0.2, 0) is 4.79 Å². The predicted molar refractivity (Wildman–Crippen MR) is 61.9 cm³/mol. The Morgan fingerprint density at radius 3 is 2.53 bits per heavy atom. The largest absolute Gasteiger partial charge is 0.530 e. The van der Waals surface area contributed by atoms with Crippen molar-refractivity contribution in [2.24, 2.45) is 0 Å². The Kier molecular flexibility index (Phi) is 3.62. The van der Waals surface area contributed by atoms with Crippen molar-refractivity contribution in [2.45, 2.75) is 38.8 Å². The maximum atomic E-state index is 12.4. The van der Waals surface area contributed by atoms with Crippen LogP contribution in [0.3, 0.4) is 0 Å². The van der Waals surface area contributed by atoms with E-state index < -0.39 is 12.1 Å². The molecule has 1 N–H and O–H groups in total. The van der Waals surface area contributed by atoms with Crippen molar-refractivity contribution in [1.82, 2.24) is 5.32 Å². The monoisotopic (exact) mass is 240 g/mol. The number of carbonyl (C=O) groups is 2. The molecule has 0 saturated carbocycles. The Morgan fingerprint density at radius 2 is 2.06 bits per heavy atom. The summed E-state index contributed by atoms with van der Waals surface area (Å²) in [7, 11) is 1.84. The molecule has 0 spiro atoms. The van der Waals surface area contributed by atoms with Crippen molar-refractivity contribution >= 4 is 12.0 Å².